The standard InChI is InChI=1S/C10H15ClN2O2/c11-9-1-2-12-10(7-9)8-13(3-5-14)4-6-15/h1-2,7,14-15H,3-6,8H2. The Morgan fingerprint density at radius 2 is 1.93 bits per heavy atom. The lowest BCUT2D eigenvalue weighted by Crippen LogP contribution is -2.29. The van der Waals surface area contributed by atoms with E-state index in [9.17, 15) is 0 Å². The molecule has 0 aliphatic rings. The normalized spacial score (nSPS) is 10.9. The van der Waals surface area contributed by atoms with Crippen LogP contribution in [-0.2, 0) is 6.54 Å². The van der Waals surface area contributed by atoms with Gasteiger partial charge in [-0.25, -0.2) is 0 Å². The predicted molar refractivity (Wildman–Crippen MR) is 58.7 cm³/mol. The Kier molecular flexibility index (Phi) is 5.57. The van der Waals surface area contributed by atoms with Gasteiger partial charge in [-0.2, -0.15) is 0 Å². The minimum absolute atomic E-state index is 0.0700. The van der Waals surface area contributed by atoms with Gasteiger partial charge in [-0.05, 0) is 12.1 Å². The van der Waals surface area contributed by atoms with Crippen molar-refractivity contribution in [2.75, 3.05) is 26.3 Å². The fraction of sp³-hybridized carbons (Fsp3) is 0.500. The van der Waals surface area contributed by atoms with E-state index in [4.69, 9.17) is 21.8 Å². The molecule has 0 fully saturated rings. The molecule has 1 aromatic rings. The maximum atomic E-state index is 8.83. The topological polar surface area (TPSA) is 56.6 Å². The number of hydrogen-bond acceptors (Lipinski definition) is 4. The molecule has 15 heavy (non-hydrogen) atoms. The Balaban J connectivity index is 2.56. The lowest BCUT2D eigenvalue weighted by atomic mass is 10.3. The SMILES string of the molecule is OCCN(CCO)Cc1cc(Cl)ccn1. The van der Waals surface area contributed by atoms with Crippen LogP contribution in [0.3, 0.4) is 0 Å². The summed E-state index contributed by atoms with van der Waals surface area (Å²) in [6, 6.07) is 3.50. The van der Waals surface area contributed by atoms with Crippen LogP contribution in [0.15, 0.2) is 18.3 Å². The van der Waals surface area contributed by atoms with Crippen LogP contribution in [0, 0.1) is 0 Å². The third-order valence-electron chi connectivity index (χ3n) is 2.00. The van der Waals surface area contributed by atoms with Crippen LogP contribution in [0.2, 0.25) is 5.02 Å². The van der Waals surface area contributed by atoms with Crippen molar-refractivity contribution in [3.05, 3.63) is 29.0 Å². The third-order valence-corrected chi connectivity index (χ3v) is 2.23. The number of nitrogens with zero attached hydrogens (tertiary/aromatic N) is 2. The molecule has 0 saturated carbocycles. The fourth-order valence-corrected chi connectivity index (χ4v) is 1.50. The molecule has 1 aromatic heterocycles. The minimum atomic E-state index is 0.0700. The van der Waals surface area contributed by atoms with Crippen LogP contribution in [0.25, 0.3) is 0 Å². The quantitative estimate of drug-likeness (QED) is 0.748. The Bertz CT molecular complexity index is 291. The van der Waals surface area contributed by atoms with E-state index < -0.39 is 0 Å². The van der Waals surface area contributed by atoms with Crippen molar-refractivity contribution in [3.63, 3.8) is 0 Å². The largest absolute Gasteiger partial charge is 0.395 e. The van der Waals surface area contributed by atoms with Gasteiger partial charge in [-0.1, -0.05) is 11.6 Å². The molecular formula is C10H15ClN2O2. The molecule has 0 aromatic carbocycles. The van der Waals surface area contributed by atoms with E-state index in [0.717, 1.165) is 5.69 Å². The highest BCUT2D eigenvalue weighted by atomic mass is 35.5. The molecule has 0 unspecified atom stereocenters. The first kappa shape index (κ1) is 12.4. The highest BCUT2D eigenvalue weighted by molar-refractivity contribution is 6.30. The van der Waals surface area contributed by atoms with Crippen molar-refractivity contribution in [2.24, 2.45) is 0 Å². The van der Waals surface area contributed by atoms with Gasteiger partial charge >= 0.3 is 0 Å². The average molecular weight is 231 g/mol. The van der Waals surface area contributed by atoms with Crippen molar-refractivity contribution in [3.8, 4) is 0 Å². The van der Waals surface area contributed by atoms with Gasteiger partial charge in [0.05, 0.1) is 18.9 Å². The first-order chi connectivity index (χ1) is 7.26. The monoisotopic (exact) mass is 230 g/mol. The van der Waals surface area contributed by atoms with Crippen LogP contribution in [0.1, 0.15) is 5.69 Å². The van der Waals surface area contributed by atoms with Gasteiger partial charge in [0, 0.05) is 30.9 Å². The molecule has 1 rings (SSSR count). The maximum Gasteiger partial charge on any atom is 0.0558 e. The van der Waals surface area contributed by atoms with Crippen LogP contribution in [0.5, 0.6) is 0 Å². The van der Waals surface area contributed by atoms with Crippen LogP contribution < -0.4 is 0 Å². The zero-order valence-electron chi connectivity index (χ0n) is 8.43. The summed E-state index contributed by atoms with van der Waals surface area (Å²) >= 11 is 5.83. The summed E-state index contributed by atoms with van der Waals surface area (Å²) in [6.45, 7) is 1.77. The molecule has 0 saturated heterocycles. The number of aliphatic hydroxyl groups excluding tert-OH is 2. The van der Waals surface area contributed by atoms with Gasteiger partial charge in [0.2, 0.25) is 0 Å². The number of rotatable bonds is 6. The second-order valence-corrected chi connectivity index (χ2v) is 3.63. The van der Waals surface area contributed by atoms with Crippen molar-refractivity contribution in [1.29, 1.82) is 0 Å². The van der Waals surface area contributed by atoms with Crippen LogP contribution in [-0.4, -0.2) is 46.4 Å². The minimum Gasteiger partial charge on any atom is -0.395 e. The smallest absolute Gasteiger partial charge is 0.0558 e. The van der Waals surface area contributed by atoms with Gasteiger partial charge in [-0.15, -0.1) is 0 Å². The Labute approximate surface area is 94.1 Å². The highest BCUT2D eigenvalue weighted by Gasteiger charge is 2.05. The Morgan fingerprint density at radius 3 is 2.47 bits per heavy atom. The molecule has 84 valence electrons. The van der Waals surface area contributed by atoms with Crippen molar-refractivity contribution < 1.29 is 10.2 Å². The number of hydrogen-bond donors (Lipinski definition) is 2. The second-order valence-electron chi connectivity index (χ2n) is 3.19. The summed E-state index contributed by atoms with van der Waals surface area (Å²) < 4.78 is 0. The van der Waals surface area contributed by atoms with Crippen molar-refractivity contribution in [1.82, 2.24) is 9.88 Å². The third kappa shape index (κ3) is 4.57. The molecule has 0 atom stereocenters. The second kappa shape index (κ2) is 6.74. The first-order valence-electron chi connectivity index (χ1n) is 4.80. The van der Waals surface area contributed by atoms with E-state index in [0.29, 0.717) is 24.7 Å². The molecule has 0 aliphatic heterocycles. The zero-order chi connectivity index (χ0) is 11.1. The van der Waals surface area contributed by atoms with Crippen LogP contribution in [0.4, 0.5) is 0 Å². The number of pyridine rings is 1. The summed E-state index contributed by atoms with van der Waals surface area (Å²) in [5.41, 5.74) is 0.837. The maximum absolute atomic E-state index is 8.83. The van der Waals surface area contributed by atoms with E-state index in [1.165, 1.54) is 0 Å². The van der Waals surface area contributed by atoms with Gasteiger partial charge in [0.25, 0.3) is 0 Å². The van der Waals surface area contributed by atoms with E-state index in [1.807, 2.05) is 4.90 Å². The average Bonchev–Trinajstić information content (AvgIpc) is 2.18. The van der Waals surface area contributed by atoms with E-state index in [-0.39, 0.29) is 13.2 Å². The Morgan fingerprint density at radius 1 is 1.27 bits per heavy atom. The summed E-state index contributed by atoms with van der Waals surface area (Å²) in [4.78, 5) is 6.07. The van der Waals surface area contributed by atoms with Gasteiger partial charge in [0.1, 0.15) is 0 Å². The molecule has 5 heteroatoms. The summed E-state index contributed by atoms with van der Waals surface area (Å²) in [5.74, 6) is 0. The molecule has 1 heterocycles. The number of aliphatic hydroxyl groups is 2. The summed E-state index contributed by atoms with van der Waals surface area (Å²) in [5, 5.41) is 18.3. The molecule has 0 aliphatic carbocycles. The highest BCUT2D eigenvalue weighted by Crippen LogP contribution is 2.09. The van der Waals surface area contributed by atoms with E-state index in [1.54, 1.807) is 18.3 Å². The lowest BCUT2D eigenvalue weighted by Gasteiger charge is -2.19. The predicted octanol–water partition coefficient (Wildman–Crippen LogP) is 0.522. The molecule has 0 amide bonds. The van der Waals surface area contributed by atoms with Gasteiger partial charge in [0.15, 0.2) is 0 Å². The van der Waals surface area contributed by atoms with Gasteiger partial charge < -0.3 is 10.2 Å². The molecule has 4 nitrogen and oxygen atoms in total. The molecule has 0 radical (unpaired) electrons. The van der Waals surface area contributed by atoms with Crippen molar-refractivity contribution >= 4 is 11.6 Å². The first-order valence-corrected chi connectivity index (χ1v) is 5.18. The molecule has 0 spiro atoms. The van der Waals surface area contributed by atoms with Crippen molar-refractivity contribution in [2.45, 2.75) is 6.54 Å². The van der Waals surface area contributed by atoms with Gasteiger partial charge in [-0.3, -0.25) is 9.88 Å². The van der Waals surface area contributed by atoms with Crippen LogP contribution >= 0.6 is 11.6 Å². The summed E-state index contributed by atoms with van der Waals surface area (Å²) in [7, 11) is 0. The molecule has 2 N–H and O–H groups in total. The number of halogens is 1. The Hall–Kier alpha value is -0.680. The number of aromatic nitrogens is 1. The molecule has 0 bridgehead atoms. The van der Waals surface area contributed by atoms with E-state index >= 15 is 0 Å². The summed E-state index contributed by atoms with van der Waals surface area (Å²) in [6.07, 6.45) is 1.65. The van der Waals surface area contributed by atoms with E-state index in [2.05, 4.69) is 4.98 Å². The lowest BCUT2D eigenvalue weighted by molar-refractivity contribution is 0.154. The zero-order valence-corrected chi connectivity index (χ0v) is 9.19. The molecular weight excluding hydrogens is 216 g/mol. The fourth-order valence-electron chi connectivity index (χ4n) is 1.32.